The molecule has 8 nitrogen and oxygen atoms in total. The zero-order chi connectivity index (χ0) is 32.4. The van der Waals surface area contributed by atoms with E-state index in [2.05, 4.69) is 11.9 Å². The number of fused-ring (bicyclic) bond motifs is 2. The number of aliphatic hydroxyl groups excluding tert-OH is 1. The van der Waals surface area contributed by atoms with E-state index in [1.807, 2.05) is 42.1 Å². The molecule has 10 heteroatoms. The first-order chi connectivity index (χ1) is 22.3. The Bertz CT molecular complexity index is 1880. The zero-order valence-corrected chi connectivity index (χ0v) is 27.1. The Hall–Kier alpha value is -3.92. The molecule has 1 fully saturated rings. The van der Waals surface area contributed by atoms with E-state index in [1.54, 1.807) is 13.0 Å². The van der Waals surface area contributed by atoms with Crippen molar-refractivity contribution in [2.45, 2.75) is 46.1 Å². The van der Waals surface area contributed by atoms with Gasteiger partial charge >= 0.3 is 5.97 Å². The molecule has 0 saturated heterocycles. The molecule has 2 aromatic heterocycles. The number of H-pyrrole nitrogens is 1. The van der Waals surface area contributed by atoms with Crippen LogP contribution in [0.25, 0.3) is 32.8 Å². The molecule has 0 aliphatic heterocycles. The monoisotopic (exact) mass is 647 g/mol. The molecule has 5 aromatic rings. The fourth-order valence-corrected chi connectivity index (χ4v) is 6.67. The van der Waals surface area contributed by atoms with Crippen molar-refractivity contribution in [2.75, 3.05) is 26.4 Å². The second-order valence-electron chi connectivity index (χ2n) is 11.8. The van der Waals surface area contributed by atoms with Crippen LogP contribution in [-0.2, 0) is 36.0 Å². The lowest BCUT2D eigenvalue weighted by molar-refractivity contribution is 0.0519. The quantitative estimate of drug-likeness (QED) is 0.0962. The van der Waals surface area contributed by atoms with Crippen molar-refractivity contribution in [3.8, 4) is 16.9 Å². The van der Waals surface area contributed by atoms with Crippen molar-refractivity contribution >= 4 is 39.2 Å². The Morgan fingerprint density at radius 3 is 2.72 bits per heavy atom. The minimum Gasteiger partial charge on any atom is -0.493 e. The van der Waals surface area contributed by atoms with Crippen molar-refractivity contribution in [3.63, 3.8) is 0 Å². The van der Waals surface area contributed by atoms with E-state index in [0.717, 1.165) is 62.6 Å². The number of esters is 1. The van der Waals surface area contributed by atoms with E-state index in [1.165, 1.54) is 12.1 Å². The lowest BCUT2D eigenvalue weighted by Gasteiger charge is -2.11. The van der Waals surface area contributed by atoms with E-state index in [9.17, 15) is 14.3 Å². The van der Waals surface area contributed by atoms with E-state index in [4.69, 9.17) is 30.9 Å². The number of carbonyl (C=O) groups excluding carboxylic acids is 1. The fraction of sp³-hybridized carbons (Fsp3) is 0.389. The molecule has 1 aliphatic carbocycles. The molecule has 0 amide bonds. The molecule has 6 rings (SSSR count). The topological polar surface area (TPSA) is 98.6 Å². The first-order valence-corrected chi connectivity index (χ1v) is 16.3. The van der Waals surface area contributed by atoms with Gasteiger partial charge in [-0.05, 0) is 85.7 Å². The highest BCUT2D eigenvalue weighted by atomic mass is 35.5. The molecule has 2 N–H and O–H groups in total. The predicted octanol–water partition coefficient (Wildman–Crippen LogP) is 7.41. The SMILES string of the molecule is CCOC(=O)c1[nH]c2c(-c3c(COCC4CC4CO)nn(C)c3CC)c(Cl)ccc2c1CCCOc1cccc2cc(F)ccc12. The van der Waals surface area contributed by atoms with Gasteiger partial charge in [0, 0.05) is 41.2 Å². The molecule has 242 valence electrons. The summed E-state index contributed by atoms with van der Waals surface area (Å²) >= 11 is 6.95. The highest BCUT2D eigenvalue weighted by Gasteiger charge is 2.36. The van der Waals surface area contributed by atoms with Gasteiger partial charge in [-0.1, -0.05) is 36.7 Å². The largest absolute Gasteiger partial charge is 0.493 e. The van der Waals surface area contributed by atoms with Gasteiger partial charge in [-0.3, -0.25) is 4.68 Å². The third-order valence-electron chi connectivity index (χ3n) is 8.84. The molecule has 0 radical (unpaired) electrons. The van der Waals surface area contributed by atoms with Gasteiger partial charge in [0.05, 0.1) is 42.7 Å². The summed E-state index contributed by atoms with van der Waals surface area (Å²) in [5.41, 5.74) is 5.42. The van der Waals surface area contributed by atoms with Crippen LogP contribution >= 0.6 is 11.6 Å². The Labute approximate surface area is 272 Å². The van der Waals surface area contributed by atoms with Gasteiger partial charge in [0.25, 0.3) is 0 Å². The van der Waals surface area contributed by atoms with E-state index in [-0.39, 0.29) is 19.0 Å². The number of nitrogens with zero attached hydrogens (tertiary/aromatic N) is 2. The standard InChI is InChI=1S/C36H39ClFN3O5/c1-4-30-33(29(40-41(30)3)20-44-19-23-16-22(23)18-42)32-28(37)14-13-27-26(35(39-34(27)32)36(43)45-5-2)9-7-15-46-31-10-6-8-21-17-24(38)11-12-25(21)31/h6,8,10-14,17,22-23,39,42H,4-5,7,9,15-16,18-20H2,1-3H3. The maximum absolute atomic E-state index is 13.7. The van der Waals surface area contributed by atoms with Crippen LogP contribution in [-0.4, -0.2) is 52.3 Å². The summed E-state index contributed by atoms with van der Waals surface area (Å²) in [5.74, 6) is 0.657. The summed E-state index contributed by atoms with van der Waals surface area (Å²) in [6, 6.07) is 14.0. The van der Waals surface area contributed by atoms with Gasteiger partial charge < -0.3 is 24.3 Å². The number of aromatic amines is 1. The first kappa shape index (κ1) is 32.0. The molecular weight excluding hydrogens is 609 g/mol. The molecule has 2 atom stereocenters. The van der Waals surface area contributed by atoms with Gasteiger partial charge in [0.15, 0.2) is 0 Å². The molecule has 0 bridgehead atoms. The number of ether oxygens (including phenoxy) is 3. The average molecular weight is 648 g/mol. The van der Waals surface area contributed by atoms with Crippen molar-refractivity contribution in [2.24, 2.45) is 18.9 Å². The molecule has 0 spiro atoms. The van der Waals surface area contributed by atoms with Gasteiger partial charge in [0.1, 0.15) is 17.3 Å². The number of benzene rings is 3. The fourth-order valence-electron chi connectivity index (χ4n) is 6.42. The molecule has 2 unspecified atom stereocenters. The van der Waals surface area contributed by atoms with Crippen LogP contribution in [0.3, 0.4) is 0 Å². The lowest BCUT2D eigenvalue weighted by Crippen LogP contribution is -2.09. The van der Waals surface area contributed by atoms with Crippen LogP contribution in [0.1, 0.15) is 54.1 Å². The second-order valence-corrected chi connectivity index (χ2v) is 12.2. The smallest absolute Gasteiger partial charge is 0.355 e. The number of aliphatic hydroxyl groups is 1. The van der Waals surface area contributed by atoms with E-state index >= 15 is 0 Å². The normalized spacial score (nSPS) is 16.0. The minimum absolute atomic E-state index is 0.189. The number of hydrogen-bond acceptors (Lipinski definition) is 6. The van der Waals surface area contributed by atoms with Crippen LogP contribution in [0.15, 0.2) is 48.5 Å². The third-order valence-corrected chi connectivity index (χ3v) is 9.15. The molecule has 2 heterocycles. The summed E-state index contributed by atoms with van der Waals surface area (Å²) in [4.78, 5) is 16.6. The number of nitrogens with one attached hydrogen (secondary N) is 1. The number of carbonyl (C=O) groups is 1. The van der Waals surface area contributed by atoms with Crippen LogP contribution in [0, 0.1) is 17.7 Å². The molecule has 1 aliphatic rings. The number of hydrogen-bond donors (Lipinski definition) is 2. The molecule has 3 aromatic carbocycles. The zero-order valence-electron chi connectivity index (χ0n) is 26.4. The van der Waals surface area contributed by atoms with E-state index < -0.39 is 5.97 Å². The Morgan fingerprint density at radius 2 is 1.96 bits per heavy atom. The maximum Gasteiger partial charge on any atom is 0.355 e. The van der Waals surface area contributed by atoms with E-state index in [0.29, 0.717) is 61.0 Å². The summed E-state index contributed by atoms with van der Waals surface area (Å²) in [5, 5.41) is 17.3. The van der Waals surface area contributed by atoms with Crippen LogP contribution in [0.5, 0.6) is 5.75 Å². The molecular formula is C36H39ClFN3O5. The van der Waals surface area contributed by atoms with Crippen molar-refractivity contribution in [3.05, 3.63) is 82.0 Å². The minimum atomic E-state index is -0.430. The summed E-state index contributed by atoms with van der Waals surface area (Å²) in [6.07, 6.45) is 2.87. The number of aryl methyl sites for hydroxylation is 2. The average Bonchev–Trinajstić information content (AvgIpc) is 3.60. The van der Waals surface area contributed by atoms with Gasteiger partial charge in [-0.25, -0.2) is 9.18 Å². The number of rotatable bonds is 14. The predicted molar refractivity (Wildman–Crippen MR) is 177 cm³/mol. The van der Waals surface area contributed by atoms with Crippen LogP contribution in [0.4, 0.5) is 4.39 Å². The van der Waals surface area contributed by atoms with Crippen LogP contribution < -0.4 is 4.74 Å². The number of aromatic nitrogens is 3. The summed E-state index contributed by atoms with van der Waals surface area (Å²) < 4.78 is 33.3. The highest BCUT2D eigenvalue weighted by molar-refractivity contribution is 6.35. The van der Waals surface area contributed by atoms with Crippen molar-refractivity contribution in [1.29, 1.82) is 0 Å². The number of halogens is 2. The third kappa shape index (κ3) is 6.36. The lowest BCUT2D eigenvalue weighted by atomic mass is 9.97. The van der Waals surface area contributed by atoms with Gasteiger partial charge in [-0.15, -0.1) is 0 Å². The highest BCUT2D eigenvalue weighted by Crippen LogP contribution is 2.42. The summed E-state index contributed by atoms with van der Waals surface area (Å²) in [6.45, 7) is 5.56. The van der Waals surface area contributed by atoms with Crippen LogP contribution in [0.2, 0.25) is 5.02 Å². The van der Waals surface area contributed by atoms with Gasteiger partial charge in [0.2, 0.25) is 0 Å². The Balaban J connectivity index is 1.31. The Morgan fingerprint density at radius 1 is 1.13 bits per heavy atom. The Kier molecular flexibility index (Phi) is 9.63. The molecule has 1 saturated carbocycles. The second kappa shape index (κ2) is 13.8. The van der Waals surface area contributed by atoms with Crippen molar-refractivity contribution in [1.82, 2.24) is 14.8 Å². The van der Waals surface area contributed by atoms with Gasteiger partial charge in [-0.2, -0.15) is 5.10 Å². The first-order valence-electron chi connectivity index (χ1n) is 15.9. The molecule has 46 heavy (non-hydrogen) atoms. The van der Waals surface area contributed by atoms with Crippen molar-refractivity contribution < 1.29 is 28.5 Å². The maximum atomic E-state index is 13.7. The summed E-state index contributed by atoms with van der Waals surface area (Å²) in [7, 11) is 1.92.